The third kappa shape index (κ3) is 3.58. The van der Waals surface area contributed by atoms with E-state index in [-0.39, 0.29) is 0 Å². The molecule has 84 valence electrons. The Bertz CT molecular complexity index is 141. The molecule has 1 saturated carbocycles. The molecular weight excluding hydrogens is 172 g/mol. The largest absolute Gasteiger partial charge is 0.315 e. The van der Waals surface area contributed by atoms with Crippen LogP contribution >= 0.6 is 0 Å². The summed E-state index contributed by atoms with van der Waals surface area (Å²) in [5.74, 6) is 0. The molecule has 0 aromatic carbocycles. The van der Waals surface area contributed by atoms with E-state index in [1.54, 1.807) is 0 Å². The van der Waals surface area contributed by atoms with Crippen molar-refractivity contribution in [3.63, 3.8) is 0 Å². The lowest BCUT2D eigenvalue weighted by atomic mass is 9.94. The minimum atomic E-state index is 0.679. The van der Waals surface area contributed by atoms with E-state index in [2.05, 4.69) is 31.1 Å². The van der Waals surface area contributed by atoms with Gasteiger partial charge in [0.1, 0.15) is 0 Å². The van der Waals surface area contributed by atoms with Crippen LogP contribution < -0.4 is 5.32 Å². The molecule has 0 aliphatic heterocycles. The summed E-state index contributed by atoms with van der Waals surface area (Å²) in [6.45, 7) is 6.72. The van der Waals surface area contributed by atoms with Gasteiger partial charge in [-0.2, -0.15) is 0 Å². The maximum Gasteiger partial charge on any atom is 0.0192 e. The summed E-state index contributed by atoms with van der Waals surface area (Å²) in [4.78, 5) is 2.57. The number of likely N-dealkylation sites (N-methyl/N-ethyl adjacent to an activating group) is 2. The van der Waals surface area contributed by atoms with Gasteiger partial charge < -0.3 is 5.32 Å². The summed E-state index contributed by atoms with van der Waals surface area (Å²) in [6, 6.07) is 1.52. The van der Waals surface area contributed by atoms with Gasteiger partial charge in [-0.1, -0.05) is 26.2 Å². The molecule has 2 heteroatoms. The van der Waals surface area contributed by atoms with Crippen LogP contribution in [0.5, 0.6) is 0 Å². The number of nitrogens with one attached hydrogen (secondary N) is 1. The van der Waals surface area contributed by atoms with Crippen molar-refractivity contribution in [2.75, 3.05) is 20.1 Å². The molecule has 14 heavy (non-hydrogen) atoms. The maximum atomic E-state index is 3.43. The molecule has 0 bridgehead atoms. The Hall–Kier alpha value is -0.0800. The first-order valence-corrected chi connectivity index (χ1v) is 6.18. The molecule has 1 rings (SSSR count). The fraction of sp³-hybridized carbons (Fsp3) is 1.00. The average molecular weight is 198 g/mol. The van der Waals surface area contributed by atoms with Crippen molar-refractivity contribution in [3.8, 4) is 0 Å². The monoisotopic (exact) mass is 198 g/mol. The lowest BCUT2D eigenvalue weighted by Crippen LogP contribution is -2.44. The van der Waals surface area contributed by atoms with Crippen LogP contribution in [0, 0.1) is 0 Å². The molecule has 1 N–H and O–H groups in total. The zero-order chi connectivity index (χ0) is 10.4. The summed E-state index contributed by atoms with van der Waals surface area (Å²) in [5, 5.41) is 3.43. The average Bonchev–Trinajstić information content (AvgIpc) is 2.26. The zero-order valence-corrected chi connectivity index (χ0v) is 10.1. The summed E-state index contributed by atoms with van der Waals surface area (Å²) in [7, 11) is 2.29. The summed E-state index contributed by atoms with van der Waals surface area (Å²) < 4.78 is 0. The summed E-state index contributed by atoms with van der Waals surface area (Å²) >= 11 is 0. The van der Waals surface area contributed by atoms with Crippen molar-refractivity contribution in [2.24, 2.45) is 0 Å². The third-order valence-corrected chi connectivity index (χ3v) is 3.54. The Morgan fingerprint density at radius 2 is 1.93 bits per heavy atom. The lowest BCUT2D eigenvalue weighted by molar-refractivity contribution is 0.145. The molecule has 1 fully saturated rings. The smallest absolute Gasteiger partial charge is 0.0192 e. The standard InChI is InChI=1S/C12H26N2/c1-4-13-10-11(2)14(3)12-8-6-5-7-9-12/h11-13H,4-10H2,1-3H3. The van der Waals surface area contributed by atoms with E-state index >= 15 is 0 Å². The Labute approximate surface area is 89.1 Å². The summed E-state index contributed by atoms with van der Waals surface area (Å²) in [5.41, 5.74) is 0. The molecule has 0 amide bonds. The van der Waals surface area contributed by atoms with Gasteiger partial charge in [0.25, 0.3) is 0 Å². The minimum Gasteiger partial charge on any atom is -0.315 e. The molecule has 1 unspecified atom stereocenters. The van der Waals surface area contributed by atoms with Crippen molar-refractivity contribution in [3.05, 3.63) is 0 Å². The van der Waals surface area contributed by atoms with E-state index in [9.17, 15) is 0 Å². The second kappa shape index (κ2) is 6.41. The summed E-state index contributed by atoms with van der Waals surface area (Å²) in [6.07, 6.45) is 7.14. The molecule has 0 aromatic rings. The molecule has 0 radical (unpaired) electrons. The minimum absolute atomic E-state index is 0.679. The second-order valence-corrected chi connectivity index (χ2v) is 4.61. The number of nitrogens with zero attached hydrogens (tertiary/aromatic N) is 1. The molecule has 1 aliphatic carbocycles. The van der Waals surface area contributed by atoms with E-state index in [0.29, 0.717) is 6.04 Å². The van der Waals surface area contributed by atoms with Crippen molar-refractivity contribution >= 4 is 0 Å². The first-order valence-electron chi connectivity index (χ1n) is 6.18. The van der Waals surface area contributed by atoms with Gasteiger partial charge in [-0.3, -0.25) is 4.90 Å². The van der Waals surface area contributed by atoms with Crippen LogP contribution in [-0.4, -0.2) is 37.1 Å². The van der Waals surface area contributed by atoms with Crippen molar-refractivity contribution in [2.45, 2.75) is 58.0 Å². The van der Waals surface area contributed by atoms with Crippen molar-refractivity contribution in [1.29, 1.82) is 0 Å². The van der Waals surface area contributed by atoms with Gasteiger partial charge in [-0.15, -0.1) is 0 Å². The molecule has 2 nitrogen and oxygen atoms in total. The van der Waals surface area contributed by atoms with Gasteiger partial charge in [0.2, 0.25) is 0 Å². The SMILES string of the molecule is CCNCC(C)N(C)C1CCCCC1. The van der Waals surface area contributed by atoms with Gasteiger partial charge in [-0.25, -0.2) is 0 Å². The quantitative estimate of drug-likeness (QED) is 0.729. The molecule has 0 heterocycles. The molecule has 0 saturated heterocycles. The van der Waals surface area contributed by atoms with E-state index in [4.69, 9.17) is 0 Å². The van der Waals surface area contributed by atoms with E-state index < -0.39 is 0 Å². The van der Waals surface area contributed by atoms with Crippen LogP contribution in [0.15, 0.2) is 0 Å². The van der Waals surface area contributed by atoms with E-state index in [0.717, 1.165) is 19.1 Å². The van der Waals surface area contributed by atoms with Crippen LogP contribution in [-0.2, 0) is 0 Å². The Balaban J connectivity index is 2.26. The molecule has 0 aromatic heterocycles. The number of hydrogen-bond donors (Lipinski definition) is 1. The van der Waals surface area contributed by atoms with Crippen LogP contribution in [0.2, 0.25) is 0 Å². The predicted octanol–water partition coefficient (Wildman–Crippen LogP) is 2.25. The van der Waals surface area contributed by atoms with Gasteiger partial charge >= 0.3 is 0 Å². The highest BCUT2D eigenvalue weighted by atomic mass is 15.2. The van der Waals surface area contributed by atoms with Crippen LogP contribution in [0.25, 0.3) is 0 Å². The molecule has 1 aliphatic rings. The van der Waals surface area contributed by atoms with Crippen LogP contribution in [0.4, 0.5) is 0 Å². The molecule has 1 atom stereocenters. The maximum absolute atomic E-state index is 3.43. The lowest BCUT2D eigenvalue weighted by Gasteiger charge is -2.35. The Morgan fingerprint density at radius 3 is 2.50 bits per heavy atom. The van der Waals surface area contributed by atoms with Gasteiger partial charge in [0, 0.05) is 18.6 Å². The highest BCUT2D eigenvalue weighted by molar-refractivity contribution is 4.78. The van der Waals surface area contributed by atoms with Crippen LogP contribution in [0.3, 0.4) is 0 Å². The second-order valence-electron chi connectivity index (χ2n) is 4.61. The van der Waals surface area contributed by atoms with Gasteiger partial charge in [0.15, 0.2) is 0 Å². The normalized spacial score (nSPS) is 21.4. The van der Waals surface area contributed by atoms with E-state index in [1.807, 2.05) is 0 Å². The number of hydrogen-bond acceptors (Lipinski definition) is 2. The fourth-order valence-electron chi connectivity index (χ4n) is 2.35. The first kappa shape index (κ1) is 12.0. The highest BCUT2D eigenvalue weighted by Crippen LogP contribution is 2.22. The molecule has 0 spiro atoms. The Kier molecular flexibility index (Phi) is 5.49. The topological polar surface area (TPSA) is 15.3 Å². The zero-order valence-electron chi connectivity index (χ0n) is 10.1. The highest BCUT2D eigenvalue weighted by Gasteiger charge is 2.21. The third-order valence-electron chi connectivity index (χ3n) is 3.54. The van der Waals surface area contributed by atoms with Gasteiger partial charge in [-0.05, 0) is 33.4 Å². The fourth-order valence-corrected chi connectivity index (χ4v) is 2.35. The predicted molar refractivity (Wildman–Crippen MR) is 62.6 cm³/mol. The molecular formula is C12H26N2. The van der Waals surface area contributed by atoms with Gasteiger partial charge in [0.05, 0.1) is 0 Å². The Morgan fingerprint density at radius 1 is 1.29 bits per heavy atom. The van der Waals surface area contributed by atoms with Crippen LogP contribution in [0.1, 0.15) is 46.0 Å². The van der Waals surface area contributed by atoms with Crippen molar-refractivity contribution in [1.82, 2.24) is 10.2 Å². The van der Waals surface area contributed by atoms with E-state index in [1.165, 1.54) is 32.1 Å². The van der Waals surface area contributed by atoms with Crippen molar-refractivity contribution < 1.29 is 0 Å². The number of rotatable bonds is 5. The first-order chi connectivity index (χ1) is 6.75.